The molecule has 3 amide bonds. The van der Waals surface area contributed by atoms with Gasteiger partial charge in [0, 0.05) is 36.6 Å². The Hall–Kier alpha value is -2.61. The minimum Gasteiger partial charge on any atom is -0.498 e. The Morgan fingerprint density at radius 1 is 1.05 bits per heavy atom. The molecule has 5 atom stereocenters. The van der Waals surface area contributed by atoms with E-state index in [9.17, 15) is 19.5 Å². The summed E-state index contributed by atoms with van der Waals surface area (Å²) in [5.41, 5.74) is 6.52. The van der Waals surface area contributed by atoms with Gasteiger partial charge in [0.2, 0.25) is 5.91 Å². The zero-order valence-corrected chi connectivity index (χ0v) is 22.2. The van der Waals surface area contributed by atoms with Gasteiger partial charge in [-0.15, -0.1) is 0 Å². The van der Waals surface area contributed by atoms with Crippen molar-refractivity contribution in [2.45, 2.75) is 82.8 Å². The number of carboxylic acid groups (broad SMARTS) is 1. The summed E-state index contributed by atoms with van der Waals surface area (Å²) in [5.74, 6) is 0.663. The molecule has 2 aliphatic heterocycles. The third kappa shape index (κ3) is 3.62. The van der Waals surface area contributed by atoms with Crippen molar-refractivity contribution in [2.75, 3.05) is 24.5 Å². The van der Waals surface area contributed by atoms with E-state index in [1.807, 2.05) is 39.0 Å². The number of quaternary nitrogens is 1. The Labute approximate surface area is 218 Å². The van der Waals surface area contributed by atoms with Crippen molar-refractivity contribution in [2.24, 2.45) is 28.9 Å². The maximum absolute atomic E-state index is 13.1. The predicted octanol–water partition coefficient (Wildman–Crippen LogP) is 3.31. The van der Waals surface area contributed by atoms with Crippen LogP contribution in [0.3, 0.4) is 0 Å². The maximum atomic E-state index is 13.1. The molecule has 2 heterocycles. The van der Waals surface area contributed by atoms with Crippen LogP contribution in [0, 0.1) is 23.2 Å². The van der Waals surface area contributed by atoms with Gasteiger partial charge >= 0.3 is 6.09 Å². The summed E-state index contributed by atoms with van der Waals surface area (Å²) in [5, 5.41) is 13.0. The number of ether oxygens (including phenoxy) is 1. The van der Waals surface area contributed by atoms with Gasteiger partial charge in [-0.3, -0.25) is 14.2 Å². The quantitative estimate of drug-likeness (QED) is 0.615. The van der Waals surface area contributed by atoms with Gasteiger partial charge in [-0.1, -0.05) is 18.2 Å². The number of anilines is 1. The standard InChI is InChI=1S/C29H39N3O5/c1-27(2,3)37-25(34)31-17-28(21-6-4-5-7-22(21)31)8-10-32(11-9-28,26(35)36)23-19-12-18-13-20(23)16-29(14-18,15-19)24(30)33/h4-7,18-20,23H,8-17H2,1-3H3,(H2-,30,33,35,36)/t18?,19-,20?,23?,28?,29?,32?/m0/s1. The van der Waals surface area contributed by atoms with Crippen LogP contribution in [0.2, 0.25) is 0 Å². The minimum absolute atomic E-state index is 0.0206. The first-order valence-corrected chi connectivity index (χ1v) is 13.9. The Kier molecular flexibility index (Phi) is 5.31. The van der Waals surface area contributed by atoms with E-state index in [0.29, 0.717) is 51.2 Å². The molecule has 8 nitrogen and oxygen atoms in total. The second-order valence-corrected chi connectivity index (χ2v) is 13.7. The van der Waals surface area contributed by atoms with E-state index in [0.717, 1.165) is 30.5 Å². The Morgan fingerprint density at radius 2 is 1.68 bits per heavy atom. The largest absolute Gasteiger partial charge is 0.498 e. The summed E-state index contributed by atoms with van der Waals surface area (Å²) >= 11 is 0. The first-order valence-electron chi connectivity index (χ1n) is 13.9. The second-order valence-electron chi connectivity index (χ2n) is 13.7. The summed E-state index contributed by atoms with van der Waals surface area (Å²) in [6, 6.07) is 7.95. The van der Waals surface area contributed by atoms with Crippen LogP contribution < -0.4 is 15.7 Å². The van der Waals surface area contributed by atoms with Crippen molar-refractivity contribution in [3.05, 3.63) is 29.8 Å². The number of hydrogen-bond donors (Lipinski definition) is 1. The molecule has 0 aromatic heterocycles. The topological polar surface area (TPSA) is 113 Å². The lowest BCUT2D eigenvalue weighted by molar-refractivity contribution is -0.916. The number of carbonyl (C=O) groups excluding carboxylic acids is 3. The summed E-state index contributed by atoms with van der Waals surface area (Å²) in [4.78, 5) is 40.3. The highest BCUT2D eigenvalue weighted by Gasteiger charge is 2.65. The van der Waals surface area contributed by atoms with Crippen molar-refractivity contribution in [3.8, 4) is 0 Å². The Bertz CT molecular complexity index is 1130. The van der Waals surface area contributed by atoms with Gasteiger partial charge in [-0.05, 0) is 70.4 Å². The van der Waals surface area contributed by atoms with Crippen LogP contribution in [0.25, 0.3) is 0 Å². The summed E-state index contributed by atoms with van der Waals surface area (Å²) in [6.07, 6.45) is 4.26. The fourth-order valence-corrected chi connectivity index (χ4v) is 9.31. The van der Waals surface area contributed by atoms with Crippen molar-refractivity contribution in [1.29, 1.82) is 0 Å². The van der Waals surface area contributed by atoms with Crippen molar-refractivity contribution in [1.82, 2.24) is 0 Å². The van der Waals surface area contributed by atoms with Crippen molar-refractivity contribution < 1.29 is 28.7 Å². The van der Waals surface area contributed by atoms with Crippen molar-refractivity contribution in [3.63, 3.8) is 0 Å². The first-order chi connectivity index (χ1) is 17.4. The average molecular weight is 510 g/mol. The minimum atomic E-state index is -0.990. The second kappa shape index (κ2) is 7.95. The molecule has 8 heteroatoms. The number of hydrogen-bond acceptors (Lipinski definition) is 5. The number of likely N-dealkylation sites (tertiary alicyclic amines) is 1. The number of amides is 3. The molecule has 4 bridgehead atoms. The molecule has 200 valence electrons. The monoisotopic (exact) mass is 509 g/mol. The third-order valence-electron chi connectivity index (χ3n) is 10.5. The molecule has 1 aromatic rings. The SMILES string of the molecule is CC(C)(C)OC(=O)N1CC2(CC[N+](C(=O)[O-])(C3C4CC5C[C@H]3CC(C(N)=O)(C5)C4)CC2)c2ccccc21. The fraction of sp³-hybridized carbons (Fsp3) is 0.690. The number of nitrogens with zero attached hydrogens (tertiary/aromatic N) is 2. The summed E-state index contributed by atoms with van der Waals surface area (Å²) in [7, 11) is 0. The summed E-state index contributed by atoms with van der Waals surface area (Å²) in [6.45, 7) is 7.04. The molecule has 5 fully saturated rings. The van der Waals surface area contributed by atoms with Crippen LogP contribution in [-0.2, 0) is 14.9 Å². The molecule has 4 unspecified atom stereocenters. The molecule has 2 N–H and O–H groups in total. The molecule has 4 saturated carbocycles. The lowest BCUT2D eigenvalue weighted by atomic mass is 9.47. The van der Waals surface area contributed by atoms with Crippen molar-refractivity contribution >= 4 is 23.8 Å². The van der Waals surface area contributed by atoms with Crippen LogP contribution >= 0.6 is 0 Å². The lowest BCUT2D eigenvalue weighted by Crippen LogP contribution is -2.75. The van der Waals surface area contributed by atoms with E-state index < -0.39 is 17.1 Å². The molecule has 0 radical (unpaired) electrons. The van der Waals surface area contributed by atoms with Gasteiger partial charge in [0.05, 0.1) is 24.2 Å². The lowest BCUT2D eigenvalue weighted by Gasteiger charge is -2.64. The fourth-order valence-electron chi connectivity index (χ4n) is 9.31. The van der Waals surface area contributed by atoms with Gasteiger partial charge in [-0.25, -0.2) is 4.79 Å². The number of piperidine rings is 1. The summed E-state index contributed by atoms with van der Waals surface area (Å²) < 4.78 is 5.70. The van der Waals surface area contributed by atoms with Crippen LogP contribution in [0.15, 0.2) is 24.3 Å². The van der Waals surface area contributed by atoms with Gasteiger partial charge < -0.3 is 20.4 Å². The van der Waals surface area contributed by atoms with Gasteiger partial charge in [0.15, 0.2) is 0 Å². The maximum Gasteiger partial charge on any atom is 0.414 e. The van der Waals surface area contributed by atoms with E-state index in [4.69, 9.17) is 10.5 Å². The van der Waals surface area contributed by atoms with Crippen LogP contribution in [0.4, 0.5) is 15.3 Å². The smallest absolute Gasteiger partial charge is 0.414 e. The molecular formula is C29H39N3O5. The molecule has 1 aromatic carbocycles. The van der Waals surface area contributed by atoms with Gasteiger partial charge in [-0.2, -0.15) is 0 Å². The van der Waals surface area contributed by atoms with Gasteiger partial charge in [0.25, 0.3) is 6.09 Å². The number of benzene rings is 1. The van der Waals surface area contributed by atoms with E-state index in [1.54, 1.807) is 4.90 Å². The molecule has 7 rings (SSSR count). The van der Waals surface area contributed by atoms with E-state index in [2.05, 4.69) is 6.07 Å². The average Bonchev–Trinajstić information content (AvgIpc) is 3.13. The highest BCUT2D eigenvalue weighted by molar-refractivity contribution is 5.91. The predicted molar refractivity (Wildman–Crippen MR) is 135 cm³/mol. The number of fused-ring (bicyclic) bond motifs is 2. The van der Waals surface area contributed by atoms with E-state index >= 15 is 0 Å². The molecule has 6 aliphatic rings. The number of nitrogens with two attached hydrogens (primary N) is 1. The van der Waals surface area contributed by atoms with E-state index in [1.165, 1.54) is 0 Å². The zero-order valence-electron chi connectivity index (χ0n) is 22.2. The van der Waals surface area contributed by atoms with Crippen LogP contribution in [0.1, 0.15) is 71.3 Å². The highest BCUT2D eigenvalue weighted by atomic mass is 16.6. The molecule has 37 heavy (non-hydrogen) atoms. The van der Waals surface area contributed by atoms with Crippen LogP contribution in [0.5, 0.6) is 0 Å². The third-order valence-corrected chi connectivity index (χ3v) is 10.5. The zero-order chi connectivity index (χ0) is 26.4. The Morgan fingerprint density at radius 3 is 2.24 bits per heavy atom. The number of rotatable bonds is 2. The molecule has 1 spiro atoms. The molecule has 1 saturated heterocycles. The number of primary amides is 1. The molecular weight excluding hydrogens is 470 g/mol. The first kappa shape index (κ1) is 24.7. The van der Waals surface area contributed by atoms with Crippen LogP contribution in [-0.4, -0.2) is 53.9 Å². The normalized spacial score (nSPS) is 40.0. The number of para-hydroxylation sites is 1. The Balaban J connectivity index is 1.29. The van der Waals surface area contributed by atoms with Gasteiger partial charge in [0.1, 0.15) is 11.6 Å². The van der Waals surface area contributed by atoms with E-state index in [-0.39, 0.29) is 39.8 Å². The highest BCUT2D eigenvalue weighted by Crippen LogP contribution is 2.63. The number of carbonyl (C=O) groups is 3. The molecule has 4 aliphatic carbocycles.